The monoisotopic (exact) mass is 300 g/mol. The highest BCUT2D eigenvalue weighted by molar-refractivity contribution is 5.94. The van der Waals surface area contributed by atoms with Crippen LogP contribution < -0.4 is 5.32 Å². The summed E-state index contributed by atoms with van der Waals surface area (Å²) in [6.07, 6.45) is 0. The van der Waals surface area contributed by atoms with Crippen molar-refractivity contribution < 1.29 is 18.3 Å². The number of nitrogens with zero attached hydrogens (tertiary/aromatic N) is 1. The van der Waals surface area contributed by atoms with E-state index >= 15 is 0 Å². The summed E-state index contributed by atoms with van der Waals surface area (Å²) in [6, 6.07) is 3.06. The summed E-state index contributed by atoms with van der Waals surface area (Å²) in [6.45, 7) is 8.30. The minimum absolute atomic E-state index is 0.0945. The fraction of sp³-hybridized carbons (Fsp3) is 0.533. The van der Waals surface area contributed by atoms with Crippen LogP contribution in [-0.2, 0) is 4.74 Å². The van der Waals surface area contributed by atoms with Gasteiger partial charge in [0.1, 0.15) is 0 Å². The Labute approximate surface area is 124 Å². The van der Waals surface area contributed by atoms with E-state index in [0.717, 1.165) is 31.8 Å². The van der Waals surface area contributed by atoms with Crippen molar-refractivity contribution in [2.45, 2.75) is 13.8 Å². The molecule has 1 aromatic rings. The van der Waals surface area contributed by atoms with Crippen molar-refractivity contribution in [1.82, 2.24) is 10.2 Å². The average molecular weight is 300 g/mol. The molecule has 0 bridgehead atoms. The number of hydrogen-bond donors (Lipinski definition) is 1. The molecule has 118 valence electrons. The standard InChI is InChI=1S/C15H22F2N2O2/c1-3-19(4-2)8-10-21-9-7-18-15(20)12-5-6-13(16)14(17)11-12/h5-6,11H,3-4,7-10H2,1-2H3,(H,18,20). The maximum atomic E-state index is 13.0. The number of rotatable bonds is 9. The Kier molecular flexibility index (Phi) is 7.85. The summed E-state index contributed by atoms with van der Waals surface area (Å²) in [5.41, 5.74) is 0.0945. The Morgan fingerprint density at radius 3 is 2.52 bits per heavy atom. The Hall–Kier alpha value is -1.53. The summed E-state index contributed by atoms with van der Waals surface area (Å²) < 4.78 is 31.1. The topological polar surface area (TPSA) is 41.6 Å². The van der Waals surface area contributed by atoms with Gasteiger partial charge in [-0.2, -0.15) is 0 Å². The zero-order valence-electron chi connectivity index (χ0n) is 12.5. The van der Waals surface area contributed by atoms with Gasteiger partial charge in [-0.25, -0.2) is 8.78 Å². The van der Waals surface area contributed by atoms with Crippen molar-refractivity contribution in [3.63, 3.8) is 0 Å². The summed E-state index contributed by atoms with van der Waals surface area (Å²) >= 11 is 0. The molecule has 0 heterocycles. The summed E-state index contributed by atoms with van der Waals surface area (Å²) in [5, 5.41) is 2.60. The fourth-order valence-corrected chi connectivity index (χ4v) is 1.81. The first kappa shape index (κ1) is 17.5. The molecule has 21 heavy (non-hydrogen) atoms. The van der Waals surface area contributed by atoms with Crippen molar-refractivity contribution in [3.8, 4) is 0 Å². The summed E-state index contributed by atoms with van der Waals surface area (Å²) in [5.74, 6) is -2.44. The maximum absolute atomic E-state index is 13.0. The van der Waals surface area contributed by atoms with Crippen LogP contribution in [0.15, 0.2) is 18.2 Å². The summed E-state index contributed by atoms with van der Waals surface area (Å²) in [7, 11) is 0. The van der Waals surface area contributed by atoms with E-state index in [-0.39, 0.29) is 5.56 Å². The number of amides is 1. The molecule has 0 fully saturated rings. The van der Waals surface area contributed by atoms with Gasteiger partial charge in [0, 0.05) is 18.7 Å². The van der Waals surface area contributed by atoms with Crippen LogP contribution in [-0.4, -0.2) is 50.2 Å². The first-order valence-corrected chi connectivity index (χ1v) is 7.11. The molecule has 0 aliphatic heterocycles. The van der Waals surface area contributed by atoms with Crippen LogP contribution in [0.2, 0.25) is 0 Å². The van der Waals surface area contributed by atoms with Crippen LogP contribution in [0.5, 0.6) is 0 Å². The summed E-state index contributed by atoms with van der Waals surface area (Å²) in [4.78, 5) is 13.9. The number of carbonyl (C=O) groups excluding carboxylic acids is 1. The lowest BCUT2D eigenvalue weighted by molar-refractivity contribution is 0.0884. The number of benzene rings is 1. The number of likely N-dealkylation sites (N-methyl/N-ethyl adjacent to an activating group) is 1. The SMILES string of the molecule is CCN(CC)CCOCCNC(=O)c1ccc(F)c(F)c1. The van der Waals surface area contributed by atoms with Crippen molar-refractivity contribution in [1.29, 1.82) is 0 Å². The third-order valence-electron chi connectivity index (χ3n) is 3.16. The second kappa shape index (κ2) is 9.41. The second-order valence-electron chi connectivity index (χ2n) is 4.52. The third-order valence-corrected chi connectivity index (χ3v) is 3.16. The molecule has 6 heteroatoms. The fourth-order valence-electron chi connectivity index (χ4n) is 1.81. The highest BCUT2D eigenvalue weighted by Gasteiger charge is 2.08. The quantitative estimate of drug-likeness (QED) is 0.710. The van der Waals surface area contributed by atoms with Gasteiger partial charge in [0.25, 0.3) is 5.91 Å². The molecule has 1 aromatic carbocycles. The molecule has 0 unspecified atom stereocenters. The molecular weight excluding hydrogens is 278 g/mol. The smallest absolute Gasteiger partial charge is 0.251 e. The lowest BCUT2D eigenvalue weighted by Crippen LogP contribution is -2.30. The van der Waals surface area contributed by atoms with Gasteiger partial charge in [-0.05, 0) is 31.3 Å². The minimum Gasteiger partial charge on any atom is -0.378 e. The molecule has 0 aromatic heterocycles. The van der Waals surface area contributed by atoms with Gasteiger partial charge in [0.2, 0.25) is 0 Å². The molecule has 0 atom stereocenters. The van der Waals surface area contributed by atoms with Gasteiger partial charge in [-0.1, -0.05) is 13.8 Å². The number of ether oxygens (including phenoxy) is 1. The zero-order valence-corrected chi connectivity index (χ0v) is 12.5. The molecule has 0 aliphatic rings. The van der Waals surface area contributed by atoms with E-state index in [0.29, 0.717) is 19.8 Å². The van der Waals surface area contributed by atoms with Gasteiger partial charge < -0.3 is 15.0 Å². The molecule has 1 rings (SSSR count). The Morgan fingerprint density at radius 2 is 1.90 bits per heavy atom. The second-order valence-corrected chi connectivity index (χ2v) is 4.52. The number of halogens is 2. The average Bonchev–Trinajstić information content (AvgIpc) is 2.49. The first-order chi connectivity index (χ1) is 10.1. The van der Waals surface area contributed by atoms with E-state index in [2.05, 4.69) is 24.1 Å². The van der Waals surface area contributed by atoms with Crippen molar-refractivity contribution in [3.05, 3.63) is 35.4 Å². The molecule has 0 saturated carbocycles. The van der Waals surface area contributed by atoms with E-state index in [1.807, 2.05) is 0 Å². The van der Waals surface area contributed by atoms with Crippen molar-refractivity contribution in [2.75, 3.05) is 39.4 Å². The molecule has 0 aliphatic carbocycles. The number of nitrogens with one attached hydrogen (secondary N) is 1. The van der Waals surface area contributed by atoms with Crippen molar-refractivity contribution in [2.24, 2.45) is 0 Å². The van der Waals surface area contributed by atoms with Crippen LogP contribution in [0.4, 0.5) is 8.78 Å². The molecule has 0 saturated heterocycles. The predicted octanol–water partition coefficient (Wildman–Crippen LogP) is 2.05. The van der Waals surface area contributed by atoms with Crippen molar-refractivity contribution >= 4 is 5.91 Å². The Bertz CT molecular complexity index is 451. The molecule has 4 nitrogen and oxygen atoms in total. The predicted molar refractivity (Wildman–Crippen MR) is 77.3 cm³/mol. The van der Waals surface area contributed by atoms with Gasteiger partial charge in [0.05, 0.1) is 13.2 Å². The molecule has 0 spiro atoms. The molecule has 1 N–H and O–H groups in total. The van der Waals surface area contributed by atoms with E-state index in [4.69, 9.17) is 4.74 Å². The highest BCUT2D eigenvalue weighted by atomic mass is 19.2. The van der Waals surface area contributed by atoms with Crippen LogP contribution in [0, 0.1) is 11.6 Å². The van der Waals surface area contributed by atoms with Gasteiger partial charge in [-0.3, -0.25) is 4.79 Å². The van der Waals surface area contributed by atoms with Crippen LogP contribution in [0.1, 0.15) is 24.2 Å². The van der Waals surface area contributed by atoms with E-state index in [1.165, 1.54) is 6.07 Å². The highest BCUT2D eigenvalue weighted by Crippen LogP contribution is 2.08. The van der Waals surface area contributed by atoms with Crippen LogP contribution in [0.3, 0.4) is 0 Å². The van der Waals surface area contributed by atoms with E-state index in [1.54, 1.807) is 0 Å². The first-order valence-electron chi connectivity index (χ1n) is 7.11. The Balaban J connectivity index is 2.20. The lowest BCUT2D eigenvalue weighted by atomic mass is 10.2. The largest absolute Gasteiger partial charge is 0.378 e. The molecule has 0 radical (unpaired) electrons. The van der Waals surface area contributed by atoms with Crippen LogP contribution >= 0.6 is 0 Å². The Morgan fingerprint density at radius 1 is 1.19 bits per heavy atom. The number of hydrogen-bond acceptors (Lipinski definition) is 3. The maximum Gasteiger partial charge on any atom is 0.251 e. The van der Waals surface area contributed by atoms with E-state index in [9.17, 15) is 13.6 Å². The lowest BCUT2D eigenvalue weighted by Gasteiger charge is -2.17. The zero-order chi connectivity index (χ0) is 15.7. The molecular formula is C15H22F2N2O2. The number of carbonyl (C=O) groups is 1. The molecule has 1 amide bonds. The minimum atomic E-state index is -1.03. The van der Waals surface area contributed by atoms with Gasteiger partial charge in [0.15, 0.2) is 11.6 Å². The van der Waals surface area contributed by atoms with Crippen LogP contribution in [0.25, 0.3) is 0 Å². The van der Waals surface area contributed by atoms with Gasteiger partial charge >= 0.3 is 0 Å². The van der Waals surface area contributed by atoms with Gasteiger partial charge in [-0.15, -0.1) is 0 Å². The normalized spacial score (nSPS) is 10.9. The third kappa shape index (κ3) is 6.18. The van der Waals surface area contributed by atoms with E-state index < -0.39 is 17.5 Å².